The van der Waals surface area contributed by atoms with Crippen LogP contribution in [0.15, 0.2) is 6.07 Å². The zero-order valence-corrected chi connectivity index (χ0v) is 15.9. The van der Waals surface area contributed by atoms with Crippen LogP contribution in [-0.4, -0.2) is 52.2 Å². The maximum Gasteiger partial charge on any atom is 0.257 e. The second-order valence-electron chi connectivity index (χ2n) is 6.02. The Labute approximate surface area is 156 Å². The van der Waals surface area contributed by atoms with Gasteiger partial charge in [-0.2, -0.15) is 5.10 Å². The summed E-state index contributed by atoms with van der Waals surface area (Å²) in [4.78, 5) is 23.3. The standard InChI is InChI=1S/C15H20ClF2N3O2.C2H6O/c1-19-13(22)5-2-4-10-8-12(11-9-15(11,17)18)21(20-10)14(23)6-3-7-16;1-2-3/h8,11H,2-7,9H2,1H3,(H,19,22);3H,2H2,1H3. The van der Waals surface area contributed by atoms with Crippen molar-refractivity contribution in [2.75, 3.05) is 19.5 Å². The SMILES string of the molecule is CCO.CNC(=O)CCCc1cc(C2CC2(F)F)n(C(=O)CCCCl)n1. The molecule has 0 spiro atoms. The van der Waals surface area contributed by atoms with Gasteiger partial charge in [-0.15, -0.1) is 11.6 Å². The lowest BCUT2D eigenvalue weighted by molar-refractivity contribution is -0.120. The summed E-state index contributed by atoms with van der Waals surface area (Å²) >= 11 is 5.57. The summed E-state index contributed by atoms with van der Waals surface area (Å²) in [7, 11) is 1.56. The maximum atomic E-state index is 13.4. The van der Waals surface area contributed by atoms with Gasteiger partial charge in [-0.05, 0) is 32.3 Å². The molecule has 0 radical (unpaired) electrons. The predicted octanol–water partition coefficient (Wildman–Crippen LogP) is 2.73. The Morgan fingerprint density at radius 3 is 2.54 bits per heavy atom. The molecule has 1 atom stereocenters. The largest absolute Gasteiger partial charge is 0.397 e. The number of alkyl halides is 3. The summed E-state index contributed by atoms with van der Waals surface area (Å²) in [6.07, 6.45) is 1.75. The van der Waals surface area contributed by atoms with Crippen molar-refractivity contribution < 1.29 is 23.5 Å². The highest BCUT2D eigenvalue weighted by molar-refractivity contribution is 6.17. The van der Waals surface area contributed by atoms with Gasteiger partial charge in [-0.25, -0.2) is 13.5 Å². The minimum Gasteiger partial charge on any atom is -0.397 e. The summed E-state index contributed by atoms with van der Waals surface area (Å²) in [6, 6.07) is 1.56. The molecule has 1 aromatic heterocycles. The van der Waals surface area contributed by atoms with Gasteiger partial charge in [-0.1, -0.05) is 0 Å². The van der Waals surface area contributed by atoms with E-state index in [-0.39, 0.29) is 37.0 Å². The summed E-state index contributed by atoms with van der Waals surface area (Å²) in [5.74, 6) is -3.77. The number of carbonyl (C=O) groups is 2. The van der Waals surface area contributed by atoms with Gasteiger partial charge in [0.2, 0.25) is 11.8 Å². The van der Waals surface area contributed by atoms with E-state index in [2.05, 4.69) is 10.4 Å². The predicted molar refractivity (Wildman–Crippen MR) is 94.9 cm³/mol. The molecule has 1 aromatic rings. The van der Waals surface area contributed by atoms with Gasteiger partial charge in [0.05, 0.1) is 17.3 Å². The van der Waals surface area contributed by atoms with E-state index in [4.69, 9.17) is 16.7 Å². The molecule has 1 amide bonds. The number of amides is 1. The first-order valence-corrected chi connectivity index (χ1v) is 9.21. The van der Waals surface area contributed by atoms with E-state index >= 15 is 0 Å². The van der Waals surface area contributed by atoms with E-state index in [0.29, 0.717) is 37.3 Å². The third-order valence-electron chi connectivity index (χ3n) is 3.85. The molecule has 9 heteroatoms. The summed E-state index contributed by atoms with van der Waals surface area (Å²) in [5.41, 5.74) is 0.829. The second kappa shape index (κ2) is 10.6. The monoisotopic (exact) mass is 393 g/mol. The van der Waals surface area contributed by atoms with Crippen LogP contribution in [0.4, 0.5) is 8.78 Å². The second-order valence-corrected chi connectivity index (χ2v) is 6.40. The lowest BCUT2D eigenvalue weighted by atomic mass is 10.1. The van der Waals surface area contributed by atoms with Gasteiger partial charge in [0.25, 0.3) is 5.92 Å². The lowest BCUT2D eigenvalue weighted by Crippen LogP contribution is -2.17. The molecule has 1 aliphatic rings. The fraction of sp³-hybridized carbons (Fsp3) is 0.706. The molecule has 148 valence electrons. The van der Waals surface area contributed by atoms with Crippen LogP contribution in [0.3, 0.4) is 0 Å². The molecular weight excluding hydrogens is 368 g/mol. The van der Waals surface area contributed by atoms with Gasteiger partial charge in [0.15, 0.2) is 0 Å². The molecule has 0 aliphatic heterocycles. The Bertz CT molecular complexity index is 608. The Morgan fingerprint density at radius 1 is 1.42 bits per heavy atom. The number of nitrogens with one attached hydrogen (secondary N) is 1. The third kappa shape index (κ3) is 6.64. The van der Waals surface area contributed by atoms with E-state index in [1.54, 1.807) is 20.0 Å². The number of rotatable bonds is 8. The highest BCUT2D eigenvalue weighted by atomic mass is 35.5. The number of aromatic nitrogens is 2. The van der Waals surface area contributed by atoms with Crippen LogP contribution >= 0.6 is 11.6 Å². The van der Waals surface area contributed by atoms with Gasteiger partial charge in [-0.3, -0.25) is 9.59 Å². The van der Waals surface area contributed by atoms with Gasteiger partial charge < -0.3 is 10.4 Å². The Balaban J connectivity index is 0.00000105. The molecule has 1 saturated carbocycles. The van der Waals surface area contributed by atoms with Crippen molar-refractivity contribution in [3.05, 3.63) is 17.5 Å². The molecule has 0 bridgehead atoms. The van der Waals surface area contributed by atoms with Crippen LogP contribution in [0.1, 0.15) is 61.1 Å². The van der Waals surface area contributed by atoms with Crippen molar-refractivity contribution >= 4 is 23.4 Å². The number of carbonyl (C=O) groups excluding carboxylic acids is 2. The maximum absolute atomic E-state index is 13.4. The van der Waals surface area contributed by atoms with E-state index in [1.807, 2.05) is 0 Å². The Hall–Kier alpha value is -1.54. The Morgan fingerprint density at radius 2 is 2.04 bits per heavy atom. The van der Waals surface area contributed by atoms with Gasteiger partial charge >= 0.3 is 0 Å². The number of hydrogen-bond donors (Lipinski definition) is 2. The molecule has 0 saturated heterocycles. The molecular formula is C17H26ClF2N3O3. The number of aliphatic hydroxyl groups is 1. The fourth-order valence-electron chi connectivity index (χ4n) is 2.43. The zero-order chi connectivity index (χ0) is 19.7. The van der Waals surface area contributed by atoms with Crippen LogP contribution in [0.2, 0.25) is 0 Å². The summed E-state index contributed by atoms with van der Waals surface area (Å²) in [5, 5.41) is 14.3. The van der Waals surface area contributed by atoms with Crippen LogP contribution in [0.25, 0.3) is 0 Å². The Kier molecular flexibility index (Phi) is 9.15. The van der Waals surface area contributed by atoms with E-state index in [1.165, 1.54) is 0 Å². The molecule has 1 fully saturated rings. The number of halogens is 3. The van der Waals surface area contributed by atoms with Gasteiger partial charge in [0.1, 0.15) is 0 Å². The van der Waals surface area contributed by atoms with Crippen LogP contribution in [0.5, 0.6) is 0 Å². The van der Waals surface area contributed by atoms with Crippen molar-refractivity contribution in [2.24, 2.45) is 0 Å². The molecule has 2 N–H and O–H groups in total. The highest BCUT2D eigenvalue weighted by Crippen LogP contribution is 2.55. The smallest absolute Gasteiger partial charge is 0.257 e. The minimum atomic E-state index is -2.76. The molecule has 1 aliphatic carbocycles. The quantitative estimate of drug-likeness (QED) is 0.665. The van der Waals surface area contributed by atoms with Crippen LogP contribution in [0, 0.1) is 0 Å². The number of hydrogen-bond acceptors (Lipinski definition) is 4. The van der Waals surface area contributed by atoms with Gasteiger partial charge in [0, 0.05) is 38.8 Å². The van der Waals surface area contributed by atoms with Crippen molar-refractivity contribution in [1.82, 2.24) is 15.1 Å². The first-order valence-electron chi connectivity index (χ1n) is 8.67. The number of nitrogens with zero attached hydrogens (tertiary/aromatic N) is 2. The number of aryl methyl sites for hydroxylation is 1. The van der Waals surface area contributed by atoms with Crippen molar-refractivity contribution in [3.63, 3.8) is 0 Å². The van der Waals surface area contributed by atoms with Crippen LogP contribution < -0.4 is 5.32 Å². The highest BCUT2D eigenvalue weighted by Gasteiger charge is 2.59. The zero-order valence-electron chi connectivity index (χ0n) is 15.1. The molecule has 6 nitrogen and oxygen atoms in total. The third-order valence-corrected chi connectivity index (χ3v) is 4.11. The molecule has 1 unspecified atom stereocenters. The van der Waals surface area contributed by atoms with E-state index in [9.17, 15) is 18.4 Å². The molecule has 0 aromatic carbocycles. The molecule has 1 heterocycles. The van der Waals surface area contributed by atoms with E-state index in [0.717, 1.165) is 4.68 Å². The van der Waals surface area contributed by atoms with Crippen molar-refractivity contribution in [2.45, 2.75) is 57.3 Å². The molecule has 26 heavy (non-hydrogen) atoms. The summed E-state index contributed by atoms with van der Waals surface area (Å²) in [6.45, 7) is 1.93. The fourth-order valence-corrected chi connectivity index (χ4v) is 2.56. The van der Waals surface area contributed by atoms with Crippen molar-refractivity contribution in [3.8, 4) is 0 Å². The number of aliphatic hydroxyl groups excluding tert-OH is 1. The topological polar surface area (TPSA) is 84.2 Å². The van der Waals surface area contributed by atoms with Crippen LogP contribution in [-0.2, 0) is 11.2 Å². The summed E-state index contributed by atoms with van der Waals surface area (Å²) < 4.78 is 27.8. The average Bonchev–Trinajstić information content (AvgIpc) is 3.04. The van der Waals surface area contributed by atoms with E-state index < -0.39 is 11.8 Å². The normalized spacial score (nSPS) is 17.2. The molecule has 2 rings (SSSR count). The average molecular weight is 394 g/mol. The lowest BCUT2D eigenvalue weighted by Gasteiger charge is -2.04. The first kappa shape index (κ1) is 22.5. The minimum absolute atomic E-state index is 0.0865. The first-order chi connectivity index (χ1) is 12.3. The van der Waals surface area contributed by atoms with Crippen molar-refractivity contribution in [1.29, 1.82) is 0 Å².